The van der Waals surface area contributed by atoms with Crippen LogP contribution in [0, 0.1) is 6.92 Å². The molecule has 0 atom stereocenters. The van der Waals surface area contributed by atoms with Crippen LogP contribution in [0.3, 0.4) is 0 Å². The molecule has 0 amide bonds. The number of rotatable bonds is 3. The van der Waals surface area contributed by atoms with E-state index in [1.165, 1.54) is 22.3 Å². The van der Waals surface area contributed by atoms with Gasteiger partial charge < -0.3 is 0 Å². The third kappa shape index (κ3) is 2.73. The molecule has 0 heterocycles. The van der Waals surface area contributed by atoms with E-state index in [1.807, 2.05) is 0 Å². The lowest BCUT2D eigenvalue weighted by Crippen LogP contribution is -1.85. The molecule has 0 saturated heterocycles. The zero-order chi connectivity index (χ0) is 11.4. The Morgan fingerprint density at radius 1 is 0.812 bits per heavy atom. The van der Waals surface area contributed by atoms with Gasteiger partial charge in [0.25, 0.3) is 0 Å². The van der Waals surface area contributed by atoms with E-state index >= 15 is 0 Å². The third-order valence-corrected chi connectivity index (χ3v) is 3.12. The van der Waals surface area contributed by atoms with Crippen LogP contribution in [0.1, 0.15) is 11.1 Å². The van der Waals surface area contributed by atoms with Crippen LogP contribution in [0.25, 0.3) is 11.1 Å². The quantitative estimate of drug-likeness (QED) is 0.718. The summed E-state index contributed by atoms with van der Waals surface area (Å²) in [5.41, 5.74) is 5.27. The molecule has 82 valence electrons. The summed E-state index contributed by atoms with van der Waals surface area (Å²) < 4.78 is 0. The number of aryl methyl sites for hydroxylation is 2. The Bertz CT molecular complexity index is 440. The first-order valence-electron chi connectivity index (χ1n) is 5.51. The maximum atomic E-state index is 3.46. The predicted octanol–water partition coefficient (Wildman–Crippen LogP) is 4.60. The summed E-state index contributed by atoms with van der Waals surface area (Å²) in [5.74, 6) is 0. The van der Waals surface area contributed by atoms with Crippen LogP contribution < -0.4 is 0 Å². The molecule has 0 aromatic heterocycles. The summed E-state index contributed by atoms with van der Waals surface area (Å²) in [5, 5.41) is 1.02. The fraction of sp³-hybridized carbons (Fsp3) is 0.200. The minimum atomic E-state index is 1.02. The molecule has 16 heavy (non-hydrogen) atoms. The fourth-order valence-corrected chi connectivity index (χ4v) is 2.18. The molecule has 0 bridgehead atoms. The molecule has 0 fully saturated rings. The average Bonchev–Trinajstić information content (AvgIpc) is 2.32. The number of hydrogen-bond donors (Lipinski definition) is 0. The second kappa shape index (κ2) is 5.31. The smallest absolute Gasteiger partial charge is 0.00718 e. The molecule has 0 nitrogen and oxygen atoms in total. The number of hydrogen-bond acceptors (Lipinski definition) is 0. The van der Waals surface area contributed by atoms with E-state index in [2.05, 4.69) is 71.4 Å². The largest absolute Gasteiger partial charge is 0.0924 e. The summed E-state index contributed by atoms with van der Waals surface area (Å²) >= 11 is 3.46. The van der Waals surface area contributed by atoms with Crippen molar-refractivity contribution in [2.24, 2.45) is 0 Å². The van der Waals surface area contributed by atoms with Gasteiger partial charge in [0.15, 0.2) is 0 Å². The van der Waals surface area contributed by atoms with E-state index in [0.717, 1.165) is 11.8 Å². The Morgan fingerprint density at radius 2 is 1.31 bits per heavy atom. The summed E-state index contributed by atoms with van der Waals surface area (Å²) in [4.78, 5) is 0. The molecular formula is C15H15Br. The molecule has 2 rings (SSSR count). The van der Waals surface area contributed by atoms with Crippen LogP contribution in [0.15, 0.2) is 48.5 Å². The van der Waals surface area contributed by atoms with E-state index in [1.54, 1.807) is 0 Å². The molecular weight excluding hydrogens is 260 g/mol. The van der Waals surface area contributed by atoms with Crippen LogP contribution in [0.4, 0.5) is 0 Å². The Morgan fingerprint density at radius 3 is 1.81 bits per heavy atom. The van der Waals surface area contributed by atoms with Gasteiger partial charge in [-0.25, -0.2) is 0 Å². The summed E-state index contributed by atoms with van der Waals surface area (Å²) in [6.45, 7) is 2.11. The van der Waals surface area contributed by atoms with Gasteiger partial charge in [-0.15, -0.1) is 0 Å². The lowest BCUT2D eigenvalue weighted by molar-refractivity contribution is 1.17. The van der Waals surface area contributed by atoms with Crippen molar-refractivity contribution in [1.82, 2.24) is 0 Å². The second-order valence-electron chi connectivity index (χ2n) is 4.00. The first-order valence-corrected chi connectivity index (χ1v) is 6.64. The molecule has 2 aromatic rings. The predicted molar refractivity (Wildman–Crippen MR) is 74.1 cm³/mol. The lowest BCUT2D eigenvalue weighted by Gasteiger charge is -2.04. The highest BCUT2D eigenvalue weighted by Crippen LogP contribution is 2.20. The highest BCUT2D eigenvalue weighted by Gasteiger charge is 1.97. The van der Waals surface area contributed by atoms with Crippen molar-refractivity contribution in [3.8, 4) is 11.1 Å². The maximum absolute atomic E-state index is 3.46. The van der Waals surface area contributed by atoms with Crippen LogP contribution in [0.2, 0.25) is 0 Å². The average molecular weight is 275 g/mol. The first-order chi connectivity index (χ1) is 7.79. The van der Waals surface area contributed by atoms with Gasteiger partial charge in [0, 0.05) is 5.33 Å². The van der Waals surface area contributed by atoms with Crippen molar-refractivity contribution in [2.75, 3.05) is 5.33 Å². The standard InChI is InChI=1S/C15H15Br/c1-12-2-6-14(7-3-12)15-8-4-13(5-9-15)10-11-16/h2-9H,10-11H2,1H3. The number of halogens is 1. The minimum Gasteiger partial charge on any atom is -0.0924 e. The summed E-state index contributed by atoms with van der Waals surface area (Å²) in [6, 6.07) is 17.5. The number of alkyl halides is 1. The van der Waals surface area contributed by atoms with Crippen molar-refractivity contribution in [3.63, 3.8) is 0 Å². The molecule has 0 aliphatic heterocycles. The molecule has 0 N–H and O–H groups in total. The molecule has 0 saturated carbocycles. The Hall–Kier alpha value is -1.08. The van der Waals surface area contributed by atoms with E-state index in [0.29, 0.717) is 0 Å². The van der Waals surface area contributed by atoms with Crippen molar-refractivity contribution in [2.45, 2.75) is 13.3 Å². The summed E-state index contributed by atoms with van der Waals surface area (Å²) in [7, 11) is 0. The monoisotopic (exact) mass is 274 g/mol. The topological polar surface area (TPSA) is 0 Å². The Balaban J connectivity index is 2.24. The maximum Gasteiger partial charge on any atom is 0.00718 e. The number of benzene rings is 2. The highest BCUT2D eigenvalue weighted by molar-refractivity contribution is 9.09. The van der Waals surface area contributed by atoms with Gasteiger partial charge in [0.2, 0.25) is 0 Å². The SMILES string of the molecule is Cc1ccc(-c2ccc(CCBr)cc2)cc1. The molecule has 0 unspecified atom stereocenters. The Labute approximate surface area is 105 Å². The lowest BCUT2D eigenvalue weighted by atomic mass is 10.0. The normalized spacial score (nSPS) is 10.4. The fourth-order valence-electron chi connectivity index (χ4n) is 1.72. The molecule has 0 spiro atoms. The van der Waals surface area contributed by atoms with Gasteiger partial charge >= 0.3 is 0 Å². The van der Waals surface area contributed by atoms with Gasteiger partial charge in [0.05, 0.1) is 0 Å². The highest BCUT2D eigenvalue weighted by atomic mass is 79.9. The van der Waals surface area contributed by atoms with Gasteiger partial charge in [0.1, 0.15) is 0 Å². The zero-order valence-electron chi connectivity index (χ0n) is 9.41. The Kier molecular flexibility index (Phi) is 3.79. The molecule has 0 aliphatic carbocycles. The minimum absolute atomic E-state index is 1.02. The van der Waals surface area contributed by atoms with Crippen molar-refractivity contribution in [1.29, 1.82) is 0 Å². The van der Waals surface area contributed by atoms with Gasteiger partial charge in [-0.2, -0.15) is 0 Å². The molecule has 1 heteroatoms. The van der Waals surface area contributed by atoms with Gasteiger partial charge in [-0.05, 0) is 30.0 Å². The zero-order valence-corrected chi connectivity index (χ0v) is 11.0. The summed E-state index contributed by atoms with van der Waals surface area (Å²) in [6.07, 6.45) is 1.09. The third-order valence-electron chi connectivity index (χ3n) is 2.72. The molecule has 0 radical (unpaired) electrons. The van der Waals surface area contributed by atoms with Crippen LogP contribution in [-0.2, 0) is 6.42 Å². The first kappa shape index (κ1) is 11.4. The molecule has 0 aliphatic rings. The van der Waals surface area contributed by atoms with Crippen molar-refractivity contribution >= 4 is 15.9 Å². The van der Waals surface area contributed by atoms with Crippen LogP contribution >= 0.6 is 15.9 Å². The molecule has 2 aromatic carbocycles. The van der Waals surface area contributed by atoms with E-state index in [4.69, 9.17) is 0 Å². The van der Waals surface area contributed by atoms with Gasteiger partial charge in [-0.3, -0.25) is 0 Å². The second-order valence-corrected chi connectivity index (χ2v) is 4.79. The van der Waals surface area contributed by atoms with Crippen LogP contribution in [-0.4, -0.2) is 5.33 Å². The van der Waals surface area contributed by atoms with Crippen molar-refractivity contribution in [3.05, 3.63) is 59.7 Å². The van der Waals surface area contributed by atoms with Gasteiger partial charge in [-0.1, -0.05) is 70.0 Å². The van der Waals surface area contributed by atoms with E-state index in [-0.39, 0.29) is 0 Å². The van der Waals surface area contributed by atoms with Crippen molar-refractivity contribution < 1.29 is 0 Å². The van der Waals surface area contributed by atoms with E-state index in [9.17, 15) is 0 Å². The van der Waals surface area contributed by atoms with Crippen LogP contribution in [0.5, 0.6) is 0 Å². The van der Waals surface area contributed by atoms with E-state index < -0.39 is 0 Å².